The number of nitrogens with zero attached hydrogens (tertiary/aromatic N) is 2. The number of aromatic nitrogens is 1. The lowest BCUT2D eigenvalue weighted by atomic mass is 9.85. The summed E-state index contributed by atoms with van der Waals surface area (Å²) in [6.45, 7) is 1.53. The Bertz CT molecular complexity index is 974. The molecule has 1 fully saturated rings. The van der Waals surface area contributed by atoms with Crippen molar-refractivity contribution in [3.05, 3.63) is 48.2 Å². The molecule has 2 aromatic rings. The summed E-state index contributed by atoms with van der Waals surface area (Å²) in [5.74, 6) is -4.34. The standard InChI is InChI=1S/C21H20F5N3O3/c1-12(13-6-8-29(9-7-13)20(31)21(24,25)26)19(30)28-18-5-3-15(11-27-18)32-17-4-2-14(22)10-16(17)23/h2-5,10-13H,6-9H2,1H3,(H,27,28,30). The lowest BCUT2D eigenvalue weighted by molar-refractivity contribution is -0.186. The van der Waals surface area contributed by atoms with Gasteiger partial charge in [0.05, 0.1) is 6.20 Å². The number of alkyl halides is 3. The van der Waals surface area contributed by atoms with E-state index in [4.69, 9.17) is 4.74 Å². The topological polar surface area (TPSA) is 71.5 Å². The Balaban J connectivity index is 1.53. The molecule has 1 saturated heterocycles. The van der Waals surface area contributed by atoms with Crippen LogP contribution in [0.15, 0.2) is 36.5 Å². The minimum Gasteiger partial charge on any atom is -0.453 e. The summed E-state index contributed by atoms with van der Waals surface area (Å²) in [7, 11) is 0. The average Bonchev–Trinajstić information content (AvgIpc) is 2.75. The van der Waals surface area contributed by atoms with E-state index in [9.17, 15) is 31.5 Å². The zero-order valence-electron chi connectivity index (χ0n) is 17.0. The summed E-state index contributed by atoms with van der Waals surface area (Å²) >= 11 is 0. The minimum atomic E-state index is -4.90. The number of rotatable bonds is 5. The van der Waals surface area contributed by atoms with Crippen LogP contribution < -0.4 is 10.1 Å². The van der Waals surface area contributed by atoms with Crippen LogP contribution in [0.4, 0.5) is 27.8 Å². The molecule has 11 heteroatoms. The van der Waals surface area contributed by atoms with Crippen molar-refractivity contribution in [1.82, 2.24) is 9.88 Å². The van der Waals surface area contributed by atoms with Gasteiger partial charge in [-0.1, -0.05) is 6.92 Å². The van der Waals surface area contributed by atoms with Gasteiger partial charge in [0.25, 0.3) is 0 Å². The molecule has 1 aliphatic heterocycles. The highest BCUT2D eigenvalue weighted by atomic mass is 19.4. The highest BCUT2D eigenvalue weighted by Gasteiger charge is 2.43. The molecule has 1 unspecified atom stereocenters. The van der Waals surface area contributed by atoms with E-state index in [-0.39, 0.29) is 55.1 Å². The van der Waals surface area contributed by atoms with Gasteiger partial charge in [0, 0.05) is 25.1 Å². The SMILES string of the molecule is CC(C(=O)Nc1ccc(Oc2ccc(F)cc2F)cn1)C1CCN(C(=O)C(F)(F)F)CC1. The number of hydrogen-bond acceptors (Lipinski definition) is 4. The quantitative estimate of drug-likeness (QED) is 0.670. The molecule has 2 heterocycles. The molecular formula is C21H20F5N3O3. The molecule has 0 spiro atoms. The van der Waals surface area contributed by atoms with Gasteiger partial charge in [-0.15, -0.1) is 0 Å². The van der Waals surface area contributed by atoms with Gasteiger partial charge < -0.3 is 15.0 Å². The van der Waals surface area contributed by atoms with Crippen LogP contribution in [0.25, 0.3) is 0 Å². The number of carbonyl (C=O) groups is 2. The van der Waals surface area contributed by atoms with Crippen molar-refractivity contribution in [2.24, 2.45) is 11.8 Å². The van der Waals surface area contributed by atoms with Crippen molar-refractivity contribution in [1.29, 1.82) is 0 Å². The van der Waals surface area contributed by atoms with Crippen molar-refractivity contribution in [2.45, 2.75) is 25.9 Å². The summed E-state index contributed by atoms with van der Waals surface area (Å²) in [6.07, 6.45) is -3.09. The molecule has 1 atom stereocenters. The third-order valence-corrected chi connectivity index (χ3v) is 5.30. The van der Waals surface area contributed by atoms with E-state index in [0.29, 0.717) is 6.07 Å². The first kappa shape index (κ1) is 23.4. The van der Waals surface area contributed by atoms with Gasteiger partial charge in [0.1, 0.15) is 17.4 Å². The predicted molar refractivity (Wildman–Crippen MR) is 104 cm³/mol. The van der Waals surface area contributed by atoms with E-state index in [1.54, 1.807) is 6.92 Å². The number of ether oxygens (including phenoxy) is 1. The minimum absolute atomic E-state index is 0.0646. The molecule has 0 aliphatic carbocycles. The molecule has 0 saturated carbocycles. The van der Waals surface area contributed by atoms with Crippen LogP contribution in [0.2, 0.25) is 0 Å². The average molecular weight is 457 g/mol. The molecule has 1 aromatic carbocycles. The number of pyridine rings is 1. The lowest BCUT2D eigenvalue weighted by Gasteiger charge is -2.34. The number of likely N-dealkylation sites (tertiary alicyclic amines) is 1. The summed E-state index contributed by atoms with van der Waals surface area (Å²) in [5, 5.41) is 2.62. The van der Waals surface area contributed by atoms with E-state index in [1.165, 1.54) is 18.3 Å². The van der Waals surface area contributed by atoms with E-state index in [1.807, 2.05) is 0 Å². The van der Waals surface area contributed by atoms with Crippen LogP contribution in [0.5, 0.6) is 11.5 Å². The van der Waals surface area contributed by atoms with Gasteiger partial charge in [-0.05, 0) is 43.0 Å². The Morgan fingerprint density at radius 2 is 1.84 bits per heavy atom. The third-order valence-electron chi connectivity index (χ3n) is 5.30. The molecule has 6 nitrogen and oxygen atoms in total. The summed E-state index contributed by atoms with van der Waals surface area (Å²) in [6, 6.07) is 5.74. The number of carbonyl (C=O) groups excluding carboxylic acids is 2. The van der Waals surface area contributed by atoms with E-state index >= 15 is 0 Å². The molecule has 1 aromatic heterocycles. The molecule has 2 amide bonds. The lowest BCUT2D eigenvalue weighted by Crippen LogP contribution is -2.46. The van der Waals surface area contributed by atoms with Gasteiger partial charge in [-0.25, -0.2) is 13.8 Å². The summed E-state index contributed by atoms with van der Waals surface area (Å²) < 4.78 is 69.5. The van der Waals surface area contributed by atoms with Crippen molar-refractivity contribution >= 4 is 17.6 Å². The molecule has 0 bridgehead atoms. The summed E-state index contributed by atoms with van der Waals surface area (Å²) in [4.78, 5) is 28.6. The van der Waals surface area contributed by atoms with E-state index < -0.39 is 29.6 Å². The number of piperidine rings is 1. The van der Waals surface area contributed by atoms with Gasteiger partial charge in [-0.2, -0.15) is 13.2 Å². The van der Waals surface area contributed by atoms with Crippen LogP contribution >= 0.6 is 0 Å². The second kappa shape index (κ2) is 9.49. The largest absolute Gasteiger partial charge is 0.471 e. The molecule has 0 radical (unpaired) electrons. The van der Waals surface area contributed by atoms with Gasteiger partial charge in [0.2, 0.25) is 5.91 Å². The fourth-order valence-corrected chi connectivity index (χ4v) is 3.44. The van der Waals surface area contributed by atoms with Crippen LogP contribution in [0.1, 0.15) is 19.8 Å². The van der Waals surface area contributed by atoms with Crippen LogP contribution in [0.3, 0.4) is 0 Å². The maximum absolute atomic E-state index is 13.7. The molecule has 1 N–H and O–H groups in total. The first-order valence-corrected chi connectivity index (χ1v) is 9.80. The van der Waals surface area contributed by atoms with Crippen molar-refractivity contribution in [2.75, 3.05) is 18.4 Å². The summed E-state index contributed by atoms with van der Waals surface area (Å²) in [5.41, 5.74) is 0. The molecular weight excluding hydrogens is 437 g/mol. The second-order valence-corrected chi connectivity index (χ2v) is 7.46. The van der Waals surface area contributed by atoms with Crippen molar-refractivity contribution in [3.8, 4) is 11.5 Å². The third kappa shape index (κ3) is 5.71. The number of hydrogen-bond donors (Lipinski definition) is 1. The normalized spacial score (nSPS) is 15.9. The second-order valence-electron chi connectivity index (χ2n) is 7.46. The zero-order chi connectivity index (χ0) is 23.5. The monoisotopic (exact) mass is 457 g/mol. The van der Waals surface area contributed by atoms with Crippen molar-refractivity contribution < 1.29 is 36.3 Å². The Labute approximate surface area is 180 Å². The number of amides is 2. The Kier molecular flexibility index (Phi) is 6.95. The van der Waals surface area contributed by atoms with Crippen molar-refractivity contribution in [3.63, 3.8) is 0 Å². The van der Waals surface area contributed by atoms with Gasteiger partial charge in [0.15, 0.2) is 11.6 Å². The molecule has 172 valence electrons. The molecule has 32 heavy (non-hydrogen) atoms. The van der Waals surface area contributed by atoms with Crippen LogP contribution in [0, 0.1) is 23.5 Å². The first-order valence-electron chi connectivity index (χ1n) is 9.80. The zero-order valence-corrected chi connectivity index (χ0v) is 17.0. The molecule has 3 rings (SSSR count). The fourth-order valence-electron chi connectivity index (χ4n) is 3.44. The number of nitrogens with one attached hydrogen (secondary N) is 1. The van der Waals surface area contributed by atoms with Gasteiger partial charge in [-0.3, -0.25) is 9.59 Å². The fraction of sp³-hybridized carbons (Fsp3) is 0.381. The Morgan fingerprint density at radius 3 is 2.41 bits per heavy atom. The maximum atomic E-state index is 13.7. The maximum Gasteiger partial charge on any atom is 0.471 e. The highest BCUT2D eigenvalue weighted by molar-refractivity contribution is 5.91. The smallest absolute Gasteiger partial charge is 0.453 e. The number of halogens is 5. The predicted octanol–water partition coefficient (Wildman–Crippen LogP) is 4.53. The molecule has 1 aliphatic rings. The van der Waals surface area contributed by atoms with Crippen LogP contribution in [-0.2, 0) is 9.59 Å². The highest BCUT2D eigenvalue weighted by Crippen LogP contribution is 2.29. The van der Waals surface area contributed by atoms with E-state index in [0.717, 1.165) is 17.0 Å². The number of anilines is 1. The van der Waals surface area contributed by atoms with E-state index in [2.05, 4.69) is 10.3 Å². The Morgan fingerprint density at radius 1 is 1.16 bits per heavy atom. The Hall–Kier alpha value is -3.24. The first-order chi connectivity index (χ1) is 15.0. The number of benzene rings is 1. The van der Waals surface area contributed by atoms with Gasteiger partial charge >= 0.3 is 12.1 Å². The van der Waals surface area contributed by atoms with Crippen LogP contribution in [-0.4, -0.2) is 41.0 Å².